The van der Waals surface area contributed by atoms with Gasteiger partial charge in [-0.15, -0.1) is 11.3 Å². The van der Waals surface area contributed by atoms with E-state index in [-0.39, 0.29) is 19.0 Å². The molecule has 0 atom stereocenters. The molecule has 0 radical (unpaired) electrons. The van der Waals surface area contributed by atoms with Gasteiger partial charge in [-0.1, -0.05) is 30.3 Å². The van der Waals surface area contributed by atoms with E-state index in [0.717, 1.165) is 15.8 Å². The lowest BCUT2D eigenvalue weighted by atomic mass is 10.1. The summed E-state index contributed by atoms with van der Waals surface area (Å²) in [5, 5.41) is 9.09. The molecular formula is C17H14N2O3S. The topological polar surface area (TPSA) is 70.5 Å². The lowest BCUT2D eigenvalue weighted by molar-refractivity contribution is -0.137. The van der Waals surface area contributed by atoms with E-state index in [1.54, 1.807) is 23.7 Å². The number of rotatable bonds is 5. The summed E-state index contributed by atoms with van der Waals surface area (Å²) in [5.74, 6) is -1.33. The van der Waals surface area contributed by atoms with Crippen molar-refractivity contribution in [3.63, 3.8) is 0 Å². The van der Waals surface area contributed by atoms with Gasteiger partial charge in [-0.3, -0.25) is 9.59 Å². The second kappa shape index (κ2) is 6.58. The lowest BCUT2D eigenvalue weighted by Crippen LogP contribution is -2.35. The Bertz CT molecular complexity index is 845. The molecule has 1 heterocycles. The van der Waals surface area contributed by atoms with Crippen LogP contribution in [-0.4, -0.2) is 33.4 Å². The Hall–Kier alpha value is -2.73. The fourth-order valence-corrected chi connectivity index (χ4v) is 3.05. The van der Waals surface area contributed by atoms with Gasteiger partial charge in [0.2, 0.25) is 0 Å². The van der Waals surface area contributed by atoms with E-state index < -0.39 is 5.97 Å². The Kier molecular flexibility index (Phi) is 4.34. The molecule has 1 amide bonds. The predicted octanol–water partition coefficient (Wildman–Crippen LogP) is 3.02. The number of thiazole rings is 1. The molecule has 0 spiro atoms. The van der Waals surface area contributed by atoms with Crippen molar-refractivity contribution < 1.29 is 14.7 Å². The average molecular weight is 326 g/mol. The predicted molar refractivity (Wildman–Crippen MR) is 88.4 cm³/mol. The number of amides is 1. The molecule has 0 aliphatic rings. The lowest BCUT2D eigenvalue weighted by Gasteiger charge is -2.21. The normalized spacial score (nSPS) is 10.6. The Morgan fingerprint density at radius 1 is 1.13 bits per heavy atom. The summed E-state index contributed by atoms with van der Waals surface area (Å²) < 4.78 is 0.908. The largest absolute Gasteiger partial charge is 0.480 e. The van der Waals surface area contributed by atoms with Crippen LogP contribution < -0.4 is 0 Å². The minimum absolute atomic E-state index is 0.257. The maximum atomic E-state index is 12.7. The Morgan fingerprint density at radius 3 is 2.65 bits per heavy atom. The number of fused-ring (bicyclic) bond motifs is 1. The van der Waals surface area contributed by atoms with Crippen molar-refractivity contribution in [3.8, 4) is 0 Å². The average Bonchev–Trinajstić information content (AvgIpc) is 3.01. The monoisotopic (exact) mass is 326 g/mol. The first-order valence-electron chi connectivity index (χ1n) is 7.02. The zero-order valence-electron chi connectivity index (χ0n) is 12.2. The quantitative estimate of drug-likeness (QED) is 0.782. The first-order valence-corrected chi connectivity index (χ1v) is 7.90. The number of carboxylic acid groups (broad SMARTS) is 1. The van der Waals surface area contributed by atoms with Crippen molar-refractivity contribution in [2.45, 2.75) is 6.54 Å². The third-order valence-electron chi connectivity index (χ3n) is 3.41. The maximum absolute atomic E-state index is 12.7. The third-order valence-corrected chi connectivity index (χ3v) is 4.20. The van der Waals surface area contributed by atoms with Crippen molar-refractivity contribution in [1.29, 1.82) is 0 Å². The summed E-state index contributed by atoms with van der Waals surface area (Å²) in [5.41, 5.74) is 3.91. The fraction of sp³-hybridized carbons (Fsp3) is 0.118. The van der Waals surface area contributed by atoms with Gasteiger partial charge in [-0.05, 0) is 23.8 Å². The van der Waals surface area contributed by atoms with Gasteiger partial charge < -0.3 is 10.0 Å². The van der Waals surface area contributed by atoms with Gasteiger partial charge in [0, 0.05) is 12.1 Å². The second-order valence-electron chi connectivity index (χ2n) is 5.08. The summed E-state index contributed by atoms with van der Waals surface area (Å²) in [7, 11) is 0. The molecule has 0 fully saturated rings. The van der Waals surface area contributed by atoms with Gasteiger partial charge >= 0.3 is 5.97 Å². The zero-order chi connectivity index (χ0) is 16.2. The van der Waals surface area contributed by atoms with E-state index in [1.807, 2.05) is 30.3 Å². The van der Waals surface area contributed by atoms with Crippen LogP contribution in [0.2, 0.25) is 0 Å². The summed E-state index contributed by atoms with van der Waals surface area (Å²) in [4.78, 5) is 29.3. The number of aromatic nitrogens is 1. The molecule has 0 unspecified atom stereocenters. The molecule has 0 saturated heterocycles. The number of hydrogen-bond donors (Lipinski definition) is 1. The van der Waals surface area contributed by atoms with Crippen molar-refractivity contribution in [2.24, 2.45) is 0 Å². The zero-order valence-corrected chi connectivity index (χ0v) is 13.0. The van der Waals surface area contributed by atoms with Crippen molar-refractivity contribution >= 4 is 33.4 Å². The highest BCUT2D eigenvalue weighted by molar-refractivity contribution is 7.16. The third kappa shape index (κ3) is 3.54. The van der Waals surface area contributed by atoms with Gasteiger partial charge in [0.05, 0.1) is 15.7 Å². The molecule has 0 aliphatic carbocycles. The highest BCUT2D eigenvalue weighted by Crippen LogP contribution is 2.20. The summed E-state index contributed by atoms with van der Waals surface area (Å²) in [6.07, 6.45) is 0. The van der Waals surface area contributed by atoms with Gasteiger partial charge in [0.1, 0.15) is 6.54 Å². The number of nitrogens with zero attached hydrogens (tertiary/aromatic N) is 2. The minimum Gasteiger partial charge on any atom is -0.480 e. The van der Waals surface area contributed by atoms with Crippen LogP contribution in [0.1, 0.15) is 15.9 Å². The molecular weight excluding hydrogens is 312 g/mol. The van der Waals surface area contributed by atoms with Gasteiger partial charge in [0.15, 0.2) is 0 Å². The molecule has 6 heteroatoms. The first-order chi connectivity index (χ1) is 11.1. The molecule has 0 bridgehead atoms. The molecule has 1 N–H and O–H groups in total. The Labute approximate surface area is 136 Å². The molecule has 23 heavy (non-hydrogen) atoms. The van der Waals surface area contributed by atoms with Crippen LogP contribution in [0.5, 0.6) is 0 Å². The van der Waals surface area contributed by atoms with Gasteiger partial charge in [-0.25, -0.2) is 4.98 Å². The van der Waals surface area contributed by atoms with Crippen LogP contribution in [0, 0.1) is 0 Å². The van der Waals surface area contributed by atoms with E-state index in [2.05, 4.69) is 4.98 Å². The maximum Gasteiger partial charge on any atom is 0.323 e. The summed E-state index contributed by atoms with van der Waals surface area (Å²) in [6.45, 7) is -0.0822. The number of carboxylic acids is 1. The molecule has 3 aromatic rings. The number of carbonyl (C=O) groups is 2. The Morgan fingerprint density at radius 2 is 1.91 bits per heavy atom. The molecule has 3 rings (SSSR count). The van der Waals surface area contributed by atoms with Crippen LogP contribution in [0.15, 0.2) is 54.0 Å². The number of benzene rings is 2. The van der Waals surface area contributed by atoms with Gasteiger partial charge in [-0.2, -0.15) is 0 Å². The van der Waals surface area contributed by atoms with E-state index >= 15 is 0 Å². The SMILES string of the molecule is O=C(O)CN(Cc1ccccc1)C(=O)c1ccc2ncsc2c1. The van der Waals surface area contributed by atoms with E-state index in [9.17, 15) is 9.59 Å². The van der Waals surface area contributed by atoms with Crippen molar-refractivity contribution in [2.75, 3.05) is 6.54 Å². The molecule has 1 aromatic heterocycles. The van der Waals surface area contributed by atoms with Gasteiger partial charge in [0.25, 0.3) is 5.91 Å². The molecule has 2 aromatic carbocycles. The van der Waals surface area contributed by atoms with E-state index in [0.29, 0.717) is 5.56 Å². The summed E-state index contributed by atoms with van der Waals surface area (Å²) in [6, 6.07) is 14.6. The fourth-order valence-electron chi connectivity index (χ4n) is 2.34. The second-order valence-corrected chi connectivity index (χ2v) is 5.96. The Balaban J connectivity index is 1.88. The van der Waals surface area contributed by atoms with Crippen LogP contribution in [0.3, 0.4) is 0 Å². The molecule has 0 saturated carbocycles. The van der Waals surface area contributed by atoms with Crippen molar-refractivity contribution in [1.82, 2.24) is 9.88 Å². The standard InChI is InChI=1S/C17H14N2O3S/c20-16(21)10-19(9-12-4-2-1-3-5-12)17(22)13-6-7-14-15(8-13)23-11-18-14/h1-8,11H,9-10H2,(H,20,21). The highest BCUT2D eigenvalue weighted by atomic mass is 32.1. The van der Waals surface area contributed by atoms with E-state index in [1.165, 1.54) is 16.2 Å². The number of carbonyl (C=O) groups excluding carboxylic acids is 1. The van der Waals surface area contributed by atoms with Crippen LogP contribution in [0.25, 0.3) is 10.2 Å². The minimum atomic E-state index is -1.03. The molecule has 5 nitrogen and oxygen atoms in total. The smallest absolute Gasteiger partial charge is 0.323 e. The van der Waals surface area contributed by atoms with Crippen LogP contribution in [0.4, 0.5) is 0 Å². The number of aliphatic carboxylic acids is 1. The highest BCUT2D eigenvalue weighted by Gasteiger charge is 2.19. The molecule has 0 aliphatic heterocycles. The van der Waals surface area contributed by atoms with E-state index in [4.69, 9.17) is 5.11 Å². The van der Waals surface area contributed by atoms with Crippen LogP contribution in [-0.2, 0) is 11.3 Å². The van der Waals surface area contributed by atoms with Crippen LogP contribution >= 0.6 is 11.3 Å². The number of hydrogen-bond acceptors (Lipinski definition) is 4. The summed E-state index contributed by atoms with van der Waals surface area (Å²) >= 11 is 1.45. The first kappa shape index (κ1) is 15.2. The molecule has 116 valence electrons. The van der Waals surface area contributed by atoms with Crippen molar-refractivity contribution in [3.05, 3.63) is 65.2 Å².